The van der Waals surface area contributed by atoms with Crippen molar-refractivity contribution in [2.75, 3.05) is 0 Å². The minimum atomic E-state index is -1.14. The van der Waals surface area contributed by atoms with Gasteiger partial charge in [-0.2, -0.15) is 0 Å². The normalized spacial score (nSPS) is 8.50. The minimum absolute atomic E-state index is 0.0417. The van der Waals surface area contributed by atoms with Crippen LogP contribution in [-0.4, -0.2) is 10.8 Å². The van der Waals surface area contributed by atoms with Crippen LogP contribution in [0.4, 0.5) is 4.79 Å². The number of hydrogen-bond acceptors (Lipinski definition) is 4. The first-order chi connectivity index (χ1) is 3.72. The standard InChI is InChI=1S/CH2N3O3P/c2-1(5)4(3-6)8-7/h(H2,2,5). The van der Waals surface area contributed by atoms with E-state index >= 15 is 0 Å². The van der Waals surface area contributed by atoms with Crippen LogP contribution < -0.4 is 5.73 Å². The van der Waals surface area contributed by atoms with E-state index in [-0.39, 0.29) is 4.78 Å². The highest BCUT2D eigenvalue weighted by Gasteiger charge is 2.06. The smallest absolute Gasteiger partial charge is 0.348 e. The SMILES string of the molecule is NC(=O)N(N=O)P=O. The maximum absolute atomic E-state index is 9.81. The second-order valence-electron chi connectivity index (χ2n) is 0.791. The Morgan fingerprint density at radius 3 is 2.25 bits per heavy atom. The Labute approximate surface area is 45.8 Å². The fourth-order valence-electron chi connectivity index (χ4n) is 0.0954. The molecule has 2 amide bonds. The summed E-state index contributed by atoms with van der Waals surface area (Å²) in [6.45, 7) is 0. The number of hydrogen-bond donors (Lipinski definition) is 1. The molecule has 0 aliphatic carbocycles. The molecule has 0 aromatic rings. The molecule has 0 fully saturated rings. The van der Waals surface area contributed by atoms with Gasteiger partial charge in [0, 0.05) is 0 Å². The van der Waals surface area contributed by atoms with Gasteiger partial charge < -0.3 is 5.73 Å². The quantitative estimate of drug-likeness (QED) is 0.334. The summed E-state index contributed by atoms with van der Waals surface area (Å²) >= 11 is 0. The molecule has 0 unspecified atom stereocenters. The fourth-order valence-corrected chi connectivity index (χ4v) is 0.206. The highest BCUT2D eigenvalue weighted by Crippen LogP contribution is 2.02. The lowest BCUT2D eigenvalue weighted by Gasteiger charge is -1.93. The van der Waals surface area contributed by atoms with Gasteiger partial charge in [0.15, 0.2) is 0 Å². The number of carbonyl (C=O) groups excluding carboxylic acids is 1. The van der Waals surface area contributed by atoms with Gasteiger partial charge in [-0.05, 0) is 0 Å². The number of amides is 2. The van der Waals surface area contributed by atoms with Crippen LogP contribution in [0.1, 0.15) is 0 Å². The number of nitrogens with two attached hydrogens (primary N) is 1. The van der Waals surface area contributed by atoms with Gasteiger partial charge in [-0.15, -0.1) is 4.91 Å². The zero-order valence-corrected chi connectivity index (χ0v) is 4.54. The van der Waals surface area contributed by atoms with Crippen LogP contribution in [0, 0.1) is 4.91 Å². The molecule has 8 heavy (non-hydrogen) atoms. The molecule has 0 radical (unpaired) electrons. The first-order valence-corrected chi connectivity index (χ1v) is 2.25. The number of nitrogens with zero attached hydrogens (tertiary/aromatic N) is 2. The van der Waals surface area contributed by atoms with E-state index in [0.29, 0.717) is 0 Å². The summed E-state index contributed by atoms with van der Waals surface area (Å²) in [5.74, 6) is 0. The van der Waals surface area contributed by atoms with Crippen molar-refractivity contribution in [3.05, 3.63) is 4.91 Å². The van der Waals surface area contributed by atoms with Crippen molar-refractivity contribution in [1.29, 1.82) is 0 Å². The van der Waals surface area contributed by atoms with E-state index in [1.54, 1.807) is 0 Å². The van der Waals surface area contributed by atoms with Gasteiger partial charge in [0.2, 0.25) is 0 Å². The summed E-state index contributed by atoms with van der Waals surface area (Å²) in [6.07, 6.45) is 0. The van der Waals surface area contributed by atoms with E-state index in [1.807, 2.05) is 5.29 Å². The summed E-state index contributed by atoms with van der Waals surface area (Å²) in [6, 6.07) is -1.14. The number of carbonyl (C=O) groups is 1. The van der Waals surface area contributed by atoms with E-state index in [4.69, 9.17) is 0 Å². The molecule has 0 aliphatic heterocycles. The second kappa shape index (κ2) is 3.04. The largest absolute Gasteiger partial charge is 0.349 e. The summed E-state index contributed by atoms with van der Waals surface area (Å²) in [5, 5.41) is 1.99. The van der Waals surface area contributed by atoms with Gasteiger partial charge in [-0.3, -0.25) is 0 Å². The van der Waals surface area contributed by atoms with E-state index in [9.17, 15) is 14.3 Å². The third-order valence-corrected chi connectivity index (χ3v) is 0.777. The molecule has 0 saturated heterocycles. The molecule has 0 aromatic carbocycles. The van der Waals surface area contributed by atoms with Crippen molar-refractivity contribution in [3.8, 4) is 0 Å². The predicted octanol–water partition coefficient (Wildman–Crippen LogP) is 0.255. The van der Waals surface area contributed by atoms with Crippen molar-refractivity contribution >= 4 is 14.6 Å². The van der Waals surface area contributed by atoms with Gasteiger partial charge in [0.05, 0.1) is 5.29 Å². The van der Waals surface area contributed by atoms with Crippen LogP contribution in [-0.2, 0) is 4.57 Å². The Morgan fingerprint density at radius 2 is 2.25 bits per heavy atom. The molecular formula is CH2N3O3P. The summed E-state index contributed by atoms with van der Waals surface area (Å²) in [4.78, 5) is 19.2. The average molecular weight is 135 g/mol. The molecule has 6 nitrogen and oxygen atoms in total. The van der Waals surface area contributed by atoms with Gasteiger partial charge in [-0.1, -0.05) is 4.78 Å². The number of urea groups is 1. The Kier molecular flexibility index (Phi) is 2.64. The van der Waals surface area contributed by atoms with Gasteiger partial charge >= 0.3 is 14.6 Å². The Morgan fingerprint density at radius 1 is 1.75 bits per heavy atom. The Hall–Kier alpha value is -1.03. The lowest BCUT2D eigenvalue weighted by Crippen LogP contribution is -2.22. The van der Waals surface area contributed by atoms with Crippen molar-refractivity contribution in [2.24, 2.45) is 11.0 Å². The van der Waals surface area contributed by atoms with Crippen molar-refractivity contribution in [3.63, 3.8) is 0 Å². The molecular weight excluding hydrogens is 133 g/mol. The van der Waals surface area contributed by atoms with Crippen LogP contribution in [0.2, 0.25) is 0 Å². The molecule has 0 bridgehead atoms. The lowest BCUT2D eigenvalue weighted by molar-refractivity contribution is 0.234. The highest BCUT2D eigenvalue weighted by atomic mass is 31.1. The number of nitroso groups, excluding NO2 is 1. The van der Waals surface area contributed by atoms with Crippen LogP contribution in [0.5, 0.6) is 0 Å². The van der Waals surface area contributed by atoms with E-state index in [1.165, 1.54) is 0 Å². The molecule has 0 spiro atoms. The molecule has 7 heteroatoms. The minimum Gasteiger partial charge on any atom is -0.349 e. The molecule has 0 aromatic heterocycles. The molecule has 0 saturated carbocycles. The van der Waals surface area contributed by atoms with Gasteiger partial charge in [0.1, 0.15) is 0 Å². The predicted molar refractivity (Wildman–Crippen MR) is 24.8 cm³/mol. The third-order valence-electron chi connectivity index (χ3n) is 0.352. The van der Waals surface area contributed by atoms with E-state index in [2.05, 4.69) is 5.73 Å². The zero-order chi connectivity index (χ0) is 6.57. The van der Waals surface area contributed by atoms with Crippen LogP contribution in [0.15, 0.2) is 5.29 Å². The second-order valence-corrected chi connectivity index (χ2v) is 1.33. The lowest BCUT2D eigenvalue weighted by atomic mass is 11.1. The van der Waals surface area contributed by atoms with Crippen LogP contribution >= 0.6 is 8.61 Å². The molecule has 0 aliphatic rings. The van der Waals surface area contributed by atoms with E-state index < -0.39 is 14.6 Å². The highest BCUT2D eigenvalue weighted by molar-refractivity contribution is 7.21. The summed E-state index contributed by atoms with van der Waals surface area (Å²) in [7, 11) is -0.817. The first kappa shape index (κ1) is 6.97. The van der Waals surface area contributed by atoms with Crippen LogP contribution in [0.3, 0.4) is 0 Å². The fraction of sp³-hybridized carbons (Fsp3) is 0. The van der Waals surface area contributed by atoms with Crippen molar-refractivity contribution < 1.29 is 9.36 Å². The van der Waals surface area contributed by atoms with E-state index in [0.717, 1.165) is 0 Å². The Balaban J connectivity index is 3.88. The van der Waals surface area contributed by atoms with Crippen molar-refractivity contribution in [2.45, 2.75) is 0 Å². The maximum Gasteiger partial charge on any atom is 0.348 e. The zero-order valence-electron chi connectivity index (χ0n) is 3.64. The third kappa shape index (κ3) is 1.61. The molecule has 0 rings (SSSR count). The maximum atomic E-state index is 9.81. The van der Waals surface area contributed by atoms with Crippen molar-refractivity contribution in [1.82, 2.24) is 4.78 Å². The molecule has 0 heterocycles. The Bertz CT molecular complexity index is 116. The molecule has 2 N–H and O–H groups in total. The average Bonchev–Trinajstić information content (AvgIpc) is 1.69. The summed E-state index contributed by atoms with van der Waals surface area (Å²) < 4.78 is 9.65. The van der Waals surface area contributed by atoms with Crippen LogP contribution in [0.25, 0.3) is 0 Å². The van der Waals surface area contributed by atoms with Gasteiger partial charge in [-0.25, -0.2) is 9.36 Å². The molecule has 44 valence electrons. The summed E-state index contributed by atoms with van der Waals surface area (Å²) in [5.41, 5.74) is 4.44. The molecule has 0 atom stereocenters. The topological polar surface area (TPSA) is 92.8 Å². The first-order valence-electron chi connectivity index (χ1n) is 1.48. The number of primary amides is 1. The van der Waals surface area contributed by atoms with Gasteiger partial charge in [0.25, 0.3) is 0 Å². The number of rotatable bonds is 2. The monoisotopic (exact) mass is 135 g/mol.